The van der Waals surface area contributed by atoms with Crippen LogP contribution in [-0.4, -0.2) is 33.6 Å². The summed E-state index contributed by atoms with van der Waals surface area (Å²) in [6.07, 6.45) is 1.55. The van der Waals surface area contributed by atoms with Gasteiger partial charge >= 0.3 is 0 Å². The van der Waals surface area contributed by atoms with Crippen molar-refractivity contribution in [3.8, 4) is 0 Å². The fourth-order valence-electron chi connectivity index (χ4n) is 3.53. The number of hydrogen-bond acceptors (Lipinski definition) is 5. The van der Waals surface area contributed by atoms with Crippen molar-refractivity contribution in [2.24, 2.45) is 5.10 Å². The van der Waals surface area contributed by atoms with Crippen LogP contribution in [0.3, 0.4) is 0 Å². The minimum absolute atomic E-state index is 0.00361. The van der Waals surface area contributed by atoms with Gasteiger partial charge in [0.15, 0.2) is 0 Å². The first kappa shape index (κ1) is 25.0. The summed E-state index contributed by atoms with van der Waals surface area (Å²) in [6, 6.07) is 19.2. The van der Waals surface area contributed by atoms with Crippen molar-refractivity contribution in [2.75, 3.05) is 22.7 Å². The number of sulfonamides is 1. The van der Waals surface area contributed by atoms with Gasteiger partial charge in [-0.05, 0) is 75.2 Å². The lowest BCUT2D eigenvalue weighted by molar-refractivity contribution is 0.0955. The standard InChI is InChI=1S/C26H30N4O3S/c1-5-30(6-2)23-13-11-21(12-14-23)18-27-28-26(31)22-8-7-9-24(17-22)34(32,33)29-25-15-10-19(3)16-20(25)4/h7-18,29H,5-6H2,1-4H3,(H,28,31). The molecular weight excluding hydrogens is 448 g/mol. The lowest BCUT2D eigenvalue weighted by Gasteiger charge is -2.20. The average Bonchev–Trinajstić information content (AvgIpc) is 2.82. The fourth-order valence-corrected chi connectivity index (χ4v) is 4.70. The second kappa shape index (κ2) is 11.0. The highest BCUT2D eigenvalue weighted by Crippen LogP contribution is 2.21. The van der Waals surface area contributed by atoms with Gasteiger partial charge < -0.3 is 4.90 Å². The van der Waals surface area contributed by atoms with Crippen molar-refractivity contribution in [1.82, 2.24) is 5.43 Å². The highest BCUT2D eigenvalue weighted by Gasteiger charge is 2.17. The molecule has 0 aliphatic rings. The Bertz CT molecular complexity index is 1280. The molecule has 3 rings (SSSR count). The van der Waals surface area contributed by atoms with Gasteiger partial charge in [0.05, 0.1) is 16.8 Å². The van der Waals surface area contributed by atoms with Crippen LogP contribution in [0.1, 0.15) is 40.9 Å². The van der Waals surface area contributed by atoms with Crippen LogP contribution in [0.4, 0.5) is 11.4 Å². The Hall–Kier alpha value is -3.65. The van der Waals surface area contributed by atoms with E-state index in [0.717, 1.165) is 35.5 Å². The summed E-state index contributed by atoms with van der Waals surface area (Å²) in [5.41, 5.74) is 6.96. The number of benzene rings is 3. The molecule has 0 saturated heterocycles. The van der Waals surface area contributed by atoms with E-state index in [1.807, 2.05) is 50.2 Å². The number of carbonyl (C=O) groups excluding carboxylic acids is 1. The quantitative estimate of drug-likeness (QED) is 0.344. The first-order chi connectivity index (χ1) is 16.2. The molecule has 0 aliphatic carbocycles. The Morgan fingerprint density at radius 1 is 0.971 bits per heavy atom. The molecule has 0 fully saturated rings. The van der Waals surface area contributed by atoms with Crippen molar-refractivity contribution in [3.63, 3.8) is 0 Å². The maximum absolute atomic E-state index is 12.9. The third kappa shape index (κ3) is 6.23. The number of nitrogens with zero attached hydrogens (tertiary/aromatic N) is 2. The zero-order chi connectivity index (χ0) is 24.7. The van der Waals surface area contributed by atoms with E-state index in [1.165, 1.54) is 18.2 Å². The molecule has 34 heavy (non-hydrogen) atoms. The molecule has 7 nitrogen and oxygen atoms in total. The van der Waals surface area contributed by atoms with E-state index in [1.54, 1.807) is 18.3 Å². The molecular formula is C26H30N4O3S. The Labute approximate surface area is 201 Å². The molecule has 0 aromatic heterocycles. The zero-order valence-electron chi connectivity index (χ0n) is 19.9. The number of hydrogen-bond donors (Lipinski definition) is 2. The average molecular weight is 479 g/mol. The first-order valence-electron chi connectivity index (χ1n) is 11.1. The van der Waals surface area contributed by atoms with E-state index in [4.69, 9.17) is 0 Å². The van der Waals surface area contributed by atoms with Crippen molar-refractivity contribution >= 4 is 33.5 Å². The number of hydrazone groups is 1. The maximum atomic E-state index is 12.9. The van der Waals surface area contributed by atoms with Gasteiger partial charge in [0.1, 0.15) is 0 Å². The third-order valence-corrected chi connectivity index (χ3v) is 6.80. The van der Waals surface area contributed by atoms with Gasteiger partial charge in [-0.25, -0.2) is 13.8 Å². The number of carbonyl (C=O) groups is 1. The molecule has 3 aromatic rings. The van der Waals surface area contributed by atoms with Gasteiger partial charge in [-0.2, -0.15) is 5.10 Å². The molecule has 0 aliphatic heterocycles. The molecule has 0 saturated carbocycles. The van der Waals surface area contributed by atoms with Crippen LogP contribution in [0.5, 0.6) is 0 Å². The van der Waals surface area contributed by atoms with Gasteiger partial charge in [-0.1, -0.05) is 35.9 Å². The van der Waals surface area contributed by atoms with Crippen LogP contribution >= 0.6 is 0 Å². The van der Waals surface area contributed by atoms with E-state index >= 15 is 0 Å². The number of amides is 1. The first-order valence-corrected chi connectivity index (χ1v) is 12.6. The minimum atomic E-state index is -3.86. The molecule has 0 bridgehead atoms. The highest BCUT2D eigenvalue weighted by molar-refractivity contribution is 7.92. The summed E-state index contributed by atoms with van der Waals surface area (Å²) in [6.45, 7) is 9.84. The smallest absolute Gasteiger partial charge is 0.271 e. The molecule has 0 spiro atoms. The Balaban J connectivity index is 1.68. The van der Waals surface area contributed by atoms with Gasteiger partial charge in [0, 0.05) is 24.3 Å². The van der Waals surface area contributed by atoms with Crippen LogP contribution in [0.2, 0.25) is 0 Å². The van der Waals surface area contributed by atoms with E-state index in [-0.39, 0.29) is 10.5 Å². The molecule has 0 heterocycles. The lowest BCUT2D eigenvalue weighted by Crippen LogP contribution is -2.21. The van der Waals surface area contributed by atoms with Crippen LogP contribution in [0.25, 0.3) is 0 Å². The number of anilines is 2. The topological polar surface area (TPSA) is 90.9 Å². The monoisotopic (exact) mass is 478 g/mol. The number of rotatable bonds is 9. The maximum Gasteiger partial charge on any atom is 0.271 e. The normalized spacial score (nSPS) is 11.4. The molecule has 0 unspecified atom stereocenters. The van der Waals surface area contributed by atoms with Gasteiger partial charge in [0.2, 0.25) is 0 Å². The van der Waals surface area contributed by atoms with E-state index < -0.39 is 15.9 Å². The summed E-state index contributed by atoms with van der Waals surface area (Å²) in [4.78, 5) is 14.8. The zero-order valence-corrected chi connectivity index (χ0v) is 20.7. The predicted molar refractivity (Wildman–Crippen MR) is 138 cm³/mol. The van der Waals surface area contributed by atoms with Crippen molar-refractivity contribution < 1.29 is 13.2 Å². The second-order valence-corrected chi connectivity index (χ2v) is 9.60. The molecule has 3 aromatic carbocycles. The summed E-state index contributed by atoms with van der Waals surface area (Å²) in [7, 11) is -3.86. The Morgan fingerprint density at radius 2 is 1.68 bits per heavy atom. The van der Waals surface area contributed by atoms with Gasteiger partial charge in [0.25, 0.3) is 15.9 Å². The minimum Gasteiger partial charge on any atom is -0.372 e. The summed E-state index contributed by atoms with van der Waals surface area (Å²) in [5.74, 6) is -0.500. The van der Waals surface area contributed by atoms with Crippen LogP contribution in [0, 0.1) is 13.8 Å². The fraction of sp³-hybridized carbons (Fsp3) is 0.231. The summed E-state index contributed by atoms with van der Waals surface area (Å²) >= 11 is 0. The Morgan fingerprint density at radius 3 is 2.32 bits per heavy atom. The number of aryl methyl sites for hydroxylation is 2. The molecule has 0 atom stereocenters. The van der Waals surface area contributed by atoms with E-state index in [9.17, 15) is 13.2 Å². The Kier molecular flexibility index (Phi) is 8.07. The molecule has 2 N–H and O–H groups in total. The SMILES string of the molecule is CCN(CC)c1ccc(C=NNC(=O)c2cccc(S(=O)(=O)Nc3ccc(C)cc3C)c2)cc1. The van der Waals surface area contributed by atoms with Crippen molar-refractivity contribution in [2.45, 2.75) is 32.6 Å². The van der Waals surface area contributed by atoms with E-state index in [0.29, 0.717) is 5.69 Å². The molecule has 1 amide bonds. The number of nitrogens with one attached hydrogen (secondary N) is 2. The van der Waals surface area contributed by atoms with Crippen LogP contribution in [-0.2, 0) is 10.0 Å². The van der Waals surface area contributed by atoms with Crippen LogP contribution in [0.15, 0.2) is 76.7 Å². The van der Waals surface area contributed by atoms with Crippen molar-refractivity contribution in [3.05, 3.63) is 89.0 Å². The molecule has 8 heteroatoms. The molecule has 178 valence electrons. The predicted octanol–water partition coefficient (Wildman–Crippen LogP) is 4.71. The highest BCUT2D eigenvalue weighted by atomic mass is 32.2. The van der Waals surface area contributed by atoms with E-state index in [2.05, 4.69) is 34.0 Å². The largest absolute Gasteiger partial charge is 0.372 e. The van der Waals surface area contributed by atoms with Crippen LogP contribution < -0.4 is 15.0 Å². The van der Waals surface area contributed by atoms with Crippen molar-refractivity contribution in [1.29, 1.82) is 0 Å². The summed E-state index contributed by atoms with van der Waals surface area (Å²) < 4.78 is 28.3. The van der Waals surface area contributed by atoms with Gasteiger partial charge in [-0.3, -0.25) is 9.52 Å². The third-order valence-electron chi connectivity index (χ3n) is 5.43. The lowest BCUT2D eigenvalue weighted by atomic mass is 10.1. The summed E-state index contributed by atoms with van der Waals surface area (Å²) in [5, 5.41) is 4.01. The molecule has 0 radical (unpaired) electrons. The second-order valence-electron chi connectivity index (χ2n) is 7.91. The van der Waals surface area contributed by atoms with Gasteiger partial charge in [-0.15, -0.1) is 0 Å².